The summed E-state index contributed by atoms with van der Waals surface area (Å²) in [7, 11) is 0. The summed E-state index contributed by atoms with van der Waals surface area (Å²) >= 11 is 0. The Bertz CT molecular complexity index is 350. The van der Waals surface area contributed by atoms with Gasteiger partial charge in [-0.3, -0.25) is 0 Å². The number of allylic oxidation sites excluding steroid dienone is 4. The molecule has 0 bridgehead atoms. The lowest BCUT2D eigenvalue weighted by atomic mass is 9.79. The zero-order valence-electron chi connectivity index (χ0n) is 12.2. The van der Waals surface area contributed by atoms with Crippen LogP contribution in [0.5, 0.6) is 0 Å². The molecule has 0 amide bonds. The lowest BCUT2D eigenvalue weighted by Gasteiger charge is -2.26. The van der Waals surface area contributed by atoms with E-state index in [1.165, 1.54) is 25.7 Å². The SMILES string of the molecule is C=CC1CCC(C=CC2CCC(C=C(F)F)CC2)CC1. The third-order valence-electron chi connectivity index (χ3n) is 4.98. The fourth-order valence-corrected chi connectivity index (χ4v) is 3.57. The third kappa shape index (κ3) is 4.88. The summed E-state index contributed by atoms with van der Waals surface area (Å²) in [6, 6.07) is 0. The number of halogens is 2. The quantitative estimate of drug-likeness (QED) is 0.544. The van der Waals surface area contributed by atoms with Gasteiger partial charge in [0.25, 0.3) is 6.08 Å². The van der Waals surface area contributed by atoms with Crippen molar-refractivity contribution in [1.29, 1.82) is 0 Å². The molecule has 2 aliphatic carbocycles. The van der Waals surface area contributed by atoms with Gasteiger partial charge in [0.2, 0.25) is 0 Å². The van der Waals surface area contributed by atoms with E-state index in [1.54, 1.807) is 0 Å². The smallest absolute Gasteiger partial charge is 0.174 e. The molecule has 2 saturated carbocycles. The molecule has 0 radical (unpaired) electrons. The van der Waals surface area contributed by atoms with Gasteiger partial charge in [0, 0.05) is 0 Å². The molecular weight excluding hydrogens is 254 g/mol. The van der Waals surface area contributed by atoms with E-state index in [-0.39, 0.29) is 5.92 Å². The van der Waals surface area contributed by atoms with Crippen LogP contribution in [0.1, 0.15) is 51.4 Å². The van der Waals surface area contributed by atoms with Crippen LogP contribution >= 0.6 is 0 Å². The van der Waals surface area contributed by atoms with Gasteiger partial charge in [-0.25, -0.2) is 0 Å². The minimum Gasteiger partial charge on any atom is -0.174 e. The topological polar surface area (TPSA) is 0 Å². The molecule has 2 fully saturated rings. The van der Waals surface area contributed by atoms with Gasteiger partial charge in [0.05, 0.1) is 0 Å². The van der Waals surface area contributed by atoms with E-state index in [2.05, 4.69) is 24.8 Å². The monoisotopic (exact) mass is 280 g/mol. The Hall–Kier alpha value is -0.920. The van der Waals surface area contributed by atoms with Crippen LogP contribution in [0.4, 0.5) is 8.78 Å². The largest absolute Gasteiger partial charge is 0.266 e. The molecule has 0 atom stereocenters. The average Bonchev–Trinajstić information content (AvgIpc) is 2.46. The Morgan fingerprint density at radius 1 is 0.700 bits per heavy atom. The third-order valence-corrected chi connectivity index (χ3v) is 4.98. The summed E-state index contributed by atoms with van der Waals surface area (Å²) < 4.78 is 24.4. The highest BCUT2D eigenvalue weighted by molar-refractivity contribution is 4.99. The molecule has 0 aromatic carbocycles. The van der Waals surface area contributed by atoms with E-state index in [4.69, 9.17) is 0 Å². The second kappa shape index (κ2) is 7.75. The highest BCUT2D eigenvalue weighted by atomic mass is 19.3. The van der Waals surface area contributed by atoms with Crippen LogP contribution in [0.2, 0.25) is 0 Å². The molecular formula is C18H26F2. The second-order valence-corrected chi connectivity index (χ2v) is 6.43. The zero-order chi connectivity index (χ0) is 14.4. The van der Waals surface area contributed by atoms with Crippen LogP contribution in [0, 0.1) is 23.7 Å². The first-order chi connectivity index (χ1) is 9.67. The molecule has 0 N–H and O–H groups in total. The van der Waals surface area contributed by atoms with Crippen molar-refractivity contribution in [1.82, 2.24) is 0 Å². The van der Waals surface area contributed by atoms with E-state index < -0.39 is 6.08 Å². The highest BCUT2D eigenvalue weighted by Crippen LogP contribution is 2.34. The first-order valence-corrected chi connectivity index (χ1v) is 8.01. The van der Waals surface area contributed by atoms with Gasteiger partial charge in [0.15, 0.2) is 0 Å². The summed E-state index contributed by atoms with van der Waals surface area (Å²) in [4.78, 5) is 0. The van der Waals surface area contributed by atoms with Gasteiger partial charge in [-0.15, -0.1) is 6.58 Å². The molecule has 112 valence electrons. The minimum absolute atomic E-state index is 0.104. The summed E-state index contributed by atoms with van der Waals surface area (Å²) in [5.41, 5.74) is 0. The fraction of sp³-hybridized carbons (Fsp3) is 0.667. The van der Waals surface area contributed by atoms with Crippen LogP contribution in [-0.2, 0) is 0 Å². The van der Waals surface area contributed by atoms with Crippen LogP contribution in [0.3, 0.4) is 0 Å². The van der Waals surface area contributed by atoms with E-state index in [0.717, 1.165) is 43.6 Å². The van der Waals surface area contributed by atoms with Gasteiger partial charge >= 0.3 is 0 Å². The maximum Gasteiger partial charge on any atom is 0.266 e. The fourth-order valence-electron chi connectivity index (χ4n) is 3.57. The minimum atomic E-state index is -1.51. The van der Waals surface area contributed by atoms with Crippen LogP contribution in [0.15, 0.2) is 37.0 Å². The van der Waals surface area contributed by atoms with E-state index >= 15 is 0 Å². The van der Waals surface area contributed by atoms with Crippen LogP contribution in [0.25, 0.3) is 0 Å². The lowest BCUT2D eigenvalue weighted by molar-refractivity contribution is 0.331. The predicted molar refractivity (Wildman–Crippen MR) is 80.5 cm³/mol. The second-order valence-electron chi connectivity index (χ2n) is 6.43. The van der Waals surface area contributed by atoms with Crippen LogP contribution < -0.4 is 0 Å². The number of hydrogen-bond acceptors (Lipinski definition) is 0. The number of hydrogen-bond donors (Lipinski definition) is 0. The normalized spacial score (nSPS) is 34.9. The standard InChI is InChI=1S/C18H26F2/c1-2-14-3-5-15(6-4-14)7-8-16-9-11-17(12-10-16)13-18(19)20/h2,7-8,13-17H,1,3-6,9-12H2. The van der Waals surface area contributed by atoms with Crippen molar-refractivity contribution in [3.8, 4) is 0 Å². The molecule has 20 heavy (non-hydrogen) atoms. The van der Waals surface area contributed by atoms with Gasteiger partial charge in [-0.1, -0.05) is 18.2 Å². The summed E-state index contributed by atoms with van der Waals surface area (Å²) in [5, 5.41) is 0. The van der Waals surface area contributed by atoms with E-state index in [0.29, 0.717) is 5.92 Å². The van der Waals surface area contributed by atoms with Gasteiger partial charge < -0.3 is 0 Å². The first kappa shape index (κ1) is 15.5. The molecule has 0 nitrogen and oxygen atoms in total. The van der Waals surface area contributed by atoms with E-state index in [9.17, 15) is 8.78 Å². The van der Waals surface area contributed by atoms with Gasteiger partial charge in [-0.2, -0.15) is 8.78 Å². The van der Waals surface area contributed by atoms with Crippen molar-refractivity contribution in [3.05, 3.63) is 37.0 Å². The van der Waals surface area contributed by atoms with Crippen molar-refractivity contribution < 1.29 is 8.78 Å². The maximum absolute atomic E-state index is 12.2. The van der Waals surface area contributed by atoms with Crippen molar-refractivity contribution in [2.75, 3.05) is 0 Å². The van der Waals surface area contributed by atoms with Crippen LogP contribution in [-0.4, -0.2) is 0 Å². The molecule has 0 aromatic heterocycles. The zero-order valence-corrected chi connectivity index (χ0v) is 12.2. The average molecular weight is 280 g/mol. The predicted octanol–water partition coefficient (Wildman–Crippen LogP) is 6.12. The Balaban J connectivity index is 1.71. The Morgan fingerprint density at radius 3 is 1.50 bits per heavy atom. The molecule has 0 spiro atoms. The van der Waals surface area contributed by atoms with E-state index in [1.807, 2.05) is 0 Å². The molecule has 2 rings (SSSR count). The molecule has 0 saturated heterocycles. The van der Waals surface area contributed by atoms with Crippen molar-refractivity contribution in [2.45, 2.75) is 51.4 Å². The molecule has 0 heterocycles. The number of rotatable bonds is 4. The highest BCUT2D eigenvalue weighted by Gasteiger charge is 2.20. The van der Waals surface area contributed by atoms with Gasteiger partial charge in [-0.05, 0) is 81.1 Å². The Kier molecular flexibility index (Phi) is 6.00. The van der Waals surface area contributed by atoms with Crippen molar-refractivity contribution in [2.24, 2.45) is 23.7 Å². The molecule has 2 aliphatic rings. The summed E-state index contributed by atoms with van der Waals surface area (Å²) in [6.07, 6.45) is 15.5. The molecule has 2 heteroatoms. The maximum atomic E-state index is 12.2. The first-order valence-electron chi connectivity index (χ1n) is 8.01. The molecule has 0 unspecified atom stereocenters. The van der Waals surface area contributed by atoms with Crippen molar-refractivity contribution in [3.63, 3.8) is 0 Å². The van der Waals surface area contributed by atoms with Crippen molar-refractivity contribution >= 4 is 0 Å². The van der Waals surface area contributed by atoms with Gasteiger partial charge in [0.1, 0.15) is 0 Å². The summed E-state index contributed by atoms with van der Waals surface area (Å²) in [5.74, 6) is 2.16. The Labute approximate surface area is 121 Å². The molecule has 0 aromatic rings. The Morgan fingerprint density at radius 2 is 1.10 bits per heavy atom. The summed E-state index contributed by atoms with van der Waals surface area (Å²) in [6.45, 7) is 3.88. The molecule has 0 aliphatic heterocycles. The lowest BCUT2D eigenvalue weighted by Crippen LogP contribution is -2.13.